The number of anilines is 2. The van der Waals surface area contributed by atoms with Crippen molar-refractivity contribution in [2.24, 2.45) is 0 Å². The molecule has 0 saturated carbocycles. The van der Waals surface area contributed by atoms with Crippen LogP contribution in [0.4, 0.5) is 11.4 Å². The normalized spacial score (nSPS) is 11.4. The molecule has 0 aliphatic heterocycles. The Morgan fingerprint density at radius 3 is 2.13 bits per heavy atom. The van der Waals surface area contributed by atoms with E-state index in [0.29, 0.717) is 25.3 Å². The Bertz CT molecular complexity index is 941. The van der Waals surface area contributed by atoms with Gasteiger partial charge in [-0.1, -0.05) is 44.2 Å². The Balaban J connectivity index is 2.22. The van der Waals surface area contributed by atoms with Gasteiger partial charge in [0.05, 0.1) is 22.8 Å². The van der Waals surface area contributed by atoms with Crippen LogP contribution in [0.3, 0.4) is 0 Å². The predicted molar refractivity (Wildman–Crippen MR) is 127 cm³/mol. The third-order valence-corrected chi connectivity index (χ3v) is 7.23. The molecule has 0 aliphatic carbocycles. The largest absolute Gasteiger partial charge is 0.374 e. The van der Waals surface area contributed by atoms with Crippen LogP contribution < -0.4 is 15.5 Å². The number of rotatable bonds is 12. The summed E-state index contributed by atoms with van der Waals surface area (Å²) in [6, 6.07) is 14.8. The van der Waals surface area contributed by atoms with Gasteiger partial charge in [0.2, 0.25) is 15.9 Å². The van der Waals surface area contributed by atoms with Crippen LogP contribution in [0.2, 0.25) is 0 Å². The second-order valence-corrected chi connectivity index (χ2v) is 8.99. The number of carbonyl (C=O) groups excluding carboxylic acids is 1. The minimum atomic E-state index is -3.59. The number of hydrogen-bond donors (Lipinski definition) is 2. The summed E-state index contributed by atoms with van der Waals surface area (Å²) in [6.07, 6.45) is 0. The van der Waals surface area contributed by atoms with Crippen molar-refractivity contribution in [1.82, 2.24) is 9.62 Å². The third kappa shape index (κ3) is 6.45. The maximum atomic E-state index is 13.0. The fourth-order valence-electron chi connectivity index (χ4n) is 3.40. The molecule has 0 aromatic heterocycles. The molecule has 2 N–H and O–H groups in total. The van der Waals surface area contributed by atoms with Gasteiger partial charge in [-0.05, 0) is 37.6 Å². The Labute approximate surface area is 186 Å². The summed E-state index contributed by atoms with van der Waals surface area (Å²) in [6.45, 7) is 10.6. The molecule has 170 valence electrons. The average molecular weight is 447 g/mol. The van der Waals surface area contributed by atoms with Crippen LogP contribution in [-0.2, 0) is 21.4 Å². The number of nitrogens with zero attached hydrogens (tertiary/aromatic N) is 2. The van der Waals surface area contributed by atoms with Crippen molar-refractivity contribution in [1.29, 1.82) is 0 Å². The van der Waals surface area contributed by atoms with E-state index in [1.54, 1.807) is 12.1 Å². The van der Waals surface area contributed by atoms with Gasteiger partial charge in [0.15, 0.2) is 0 Å². The predicted octanol–water partition coefficient (Wildman–Crippen LogP) is 3.29. The van der Waals surface area contributed by atoms with Crippen LogP contribution in [0.25, 0.3) is 0 Å². The first-order chi connectivity index (χ1) is 14.9. The highest BCUT2D eigenvalue weighted by Gasteiger charge is 2.23. The summed E-state index contributed by atoms with van der Waals surface area (Å²) in [5, 5.41) is 6.03. The zero-order valence-corrected chi connectivity index (χ0v) is 19.7. The molecule has 31 heavy (non-hydrogen) atoms. The molecule has 0 fully saturated rings. The molecule has 0 spiro atoms. The first kappa shape index (κ1) is 24.7. The van der Waals surface area contributed by atoms with Crippen molar-refractivity contribution in [3.05, 3.63) is 54.1 Å². The summed E-state index contributed by atoms with van der Waals surface area (Å²) in [7, 11) is -3.59. The van der Waals surface area contributed by atoms with Crippen LogP contribution >= 0.6 is 0 Å². The van der Waals surface area contributed by atoms with Crippen molar-refractivity contribution in [3.8, 4) is 0 Å². The minimum absolute atomic E-state index is 0.0515. The molecule has 0 saturated heterocycles. The first-order valence-corrected chi connectivity index (χ1v) is 12.2. The van der Waals surface area contributed by atoms with Gasteiger partial charge in [-0.15, -0.1) is 0 Å². The van der Waals surface area contributed by atoms with Crippen LogP contribution in [0.15, 0.2) is 53.4 Å². The van der Waals surface area contributed by atoms with E-state index in [4.69, 9.17) is 0 Å². The number of carbonyl (C=O) groups is 1. The molecule has 0 aliphatic rings. The van der Waals surface area contributed by atoms with E-state index in [1.165, 1.54) is 4.31 Å². The van der Waals surface area contributed by atoms with E-state index in [9.17, 15) is 13.2 Å². The van der Waals surface area contributed by atoms with Gasteiger partial charge >= 0.3 is 0 Å². The van der Waals surface area contributed by atoms with Gasteiger partial charge in [-0.3, -0.25) is 4.79 Å². The number of sulfonamides is 1. The van der Waals surface area contributed by atoms with E-state index < -0.39 is 10.0 Å². The van der Waals surface area contributed by atoms with E-state index in [1.807, 2.05) is 64.1 Å². The van der Waals surface area contributed by atoms with Crippen LogP contribution in [0.1, 0.15) is 33.3 Å². The molecule has 2 rings (SSSR count). The zero-order chi connectivity index (χ0) is 22.9. The Kier molecular flexibility index (Phi) is 9.33. The lowest BCUT2D eigenvalue weighted by Gasteiger charge is -2.26. The maximum Gasteiger partial charge on any atom is 0.243 e. The highest BCUT2D eigenvalue weighted by Crippen LogP contribution is 2.30. The molecule has 0 bridgehead atoms. The summed E-state index contributed by atoms with van der Waals surface area (Å²) < 4.78 is 27.4. The lowest BCUT2D eigenvalue weighted by Crippen LogP contribution is -2.32. The van der Waals surface area contributed by atoms with Gasteiger partial charge in [0.1, 0.15) is 0 Å². The molecule has 0 unspecified atom stereocenters. The van der Waals surface area contributed by atoms with Gasteiger partial charge in [0, 0.05) is 32.7 Å². The molecule has 2 aromatic carbocycles. The summed E-state index contributed by atoms with van der Waals surface area (Å²) in [5.41, 5.74) is 2.53. The quantitative estimate of drug-likeness (QED) is 0.523. The van der Waals surface area contributed by atoms with Crippen molar-refractivity contribution in [2.75, 3.05) is 42.9 Å². The highest BCUT2D eigenvalue weighted by atomic mass is 32.2. The van der Waals surface area contributed by atoms with E-state index in [0.717, 1.165) is 24.3 Å². The Hall–Kier alpha value is -2.58. The van der Waals surface area contributed by atoms with Gasteiger partial charge in [-0.2, -0.15) is 4.31 Å². The van der Waals surface area contributed by atoms with Gasteiger partial charge in [-0.25, -0.2) is 8.42 Å². The SMILES string of the molecule is CCN(CC)c1ccc(S(=O)(=O)N(CC)CC)cc1NCC(=O)NCc1ccccc1. The third-order valence-electron chi connectivity index (χ3n) is 5.19. The molecular weight excluding hydrogens is 412 g/mol. The lowest BCUT2D eigenvalue weighted by atomic mass is 10.2. The molecule has 1 amide bonds. The van der Waals surface area contributed by atoms with Crippen molar-refractivity contribution in [2.45, 2.75) is 39.1 Å². The van der Waals surface area contributed by atoms with Crippen LogP contribution in [0, 0.1) is 0 Å². The topological polar surface area (TPSA) is 81.8 Å². The Morgan fingerprint density at radius 1 is 0.903 bits per heavy atom. The monoisotopic (exact) mass is 446 g/mol. The highest BCUT2D eigenvalue weighted by molar-refractivity contribution is 7.89. The van der Waals surface area contributed by atoms with E-state index in [-0.39, 0.29) is 17.3 Å². The van der Waals surface area contributed by atoms with E-state index in [2.05, 4.69) is 15.5 Å². The average Bonchev–Trinajstić information content (AvgIpc) is 2.79. The van der Waals surface area contributed by atoms with E-state index >= 15 is 0 Å². The maximum absolute atomic E-state index is 13.0. The summed E-state index contributed by atoms with van der Waals surface area (Å²) >= 11 is 0. The molecule has 2 aromatic rings. The van der Waals surface area contributed by atoms with Gasteiger partial charge < -0.3 is 15.5 Å². The number of nitrogens with one attached hydrogen (secondary N) is 2. The smallest absolute Gasteiger partial charge is 0.243 e. The molecule has 0 radical (unpaired) electrons. The van der Waals surface area contributed by atoms with Crippen molar-refractivity contribution >= 4 is 27.3 Å². The second-order valence-electron chi connectivity index (χ2n) is 7.06. The fraction of sp³-hybridized carbons (Fsp3) is 0.435. The van der Waals surface area contributed by atoms with Gasteiger partial charge in [0.25, 0.3) is 0 Å². The van der Waals surface area contributed by atoms with Crippen LogP contribution in [-0.4, -0.2) is 51.4 Å². The molecule has 8 heteroatoms. The minimum Gasteiger partial charge on any atom is -0.374 e. The second kappa shape index (κ2) is 11.7. The molecule has 7 nitrogen and oxygen atoms in total. The molecular formula is C23H34N4O3S. The van der Waals surface area contributed by atoms with Crippen molar-refractivity contribution in [3.63, 3.8) is 0 Å². The standard InChI is InChI=1S/C23H34N4O3S/c1-5-26(6-2)22-15-14-20(31(29,30)27(7-3)8-4)16-21(22)24-18-23(28)25-17-19-12-10-9-11-13-19/h9-16,24H,5-8,17-18H2,1-4H3,(H,25,28). The van der Waals surface area contributed by atoms with Crippen LogP contribution in [0.5, 0.6) is 0 Å². The zero-order valence-electron chi connectivity index (χ0n) is 18.9. The van der Waals surface area contributed by atoms with Crippen molar-refractivity contribution < 1.29 is 13.2 Å². The number of amides is 1. The Morgan fingerprint density at radius 2 is 1.55 bits per heavy atom. The summed E-state index contributed by atoms with van der Waals surface area (Å²) in [5.74, 6) is -0.161. The fourth-order valence-corrected chi connectivity index (χ4v) is 4.89. The number of benzene rings is 2. The molecule has 0 heterocycles. The molecule has 0 atom stereocenters. The number of hydrogen-bond acceptors (Lipinski definition) is 5. The summed E-state index contributed by atoms with van der Waals surface area (Å²) in [4.78, 5) is 14.7. The first-order valence-electron chi connectivity index (χ1n) is 10.8. The lowest BCUT2D eigenvalue weighted by molar-refractivity contribution is -0.119.